The molecule has 0 aliphatic rings. The molecule has 4 heteroatoms. The summed E-state index contributed by atoms with van der Waals surface area (Å²) in [7, 11) is 0. The lowest BCUT2D eigenvalue weighted by atomic mass is 10.2. The molecule has 0 bridgehead atoms. The number of aryl methyl sites for hydroxylation is 1. The molecule has 13 heavy (non-hydrogen) atoms. The van der Waals surface area contributed by atoms with E-state index in [-0.39, 0.29) is 5.88 Å². The number of nitrogens with two attached hydrogens (primary N) is 1. The Bertz CT molecular complexity index is 336. The highest BCUT2D eigenvalue weighted by atomic mass is 79.9. The van der Waals surface area contributed by atoms with Gasteiger partial charge in [0.1, 0.15) is 5.84 Å². The van der Waals surface area contributed by atoms with Gasteiger partial charge in [0.15, 0.2) is 0 Å². The van der Waals surface area contributed by atoms with Gasteiger partial charge >= 0.3 is 0 Å². The fourth-order valence-electron chi connectivity index (χ4n) is 0.893. The van der Waals surface area contributed by atoms with Crippen LogP contribution in [0.25, 0.3) is 0 Å². The summed E-state index contributed by atoms with van der Waals surface area (Å²) < 4.78 is 0.922. The van der Waals surface area contributed by atoms with E-state index < -0.39 is 0 Å². The molecule has 0 amide bonds. The van der Waals surface area contributed by atoms with Crippen molar-refractivity contribution in [2.75, 3.05) is 5.88 Å². The summed E-state index contributed by atoms with van der Waals surface area (Å²) in [5.74, 6) is 0.674. The maximum Gasteiger partial charge on any atom is 0.115 e. The molecule has 1 aromatic carbocycles. The summed E-state index contributed by atoms with van der Waals surface area (Å²) in [6.45, 7) is 2.00. The van der Waals surface area contributed by atoms with Crippen molar-refractivity contribution in [3.05, 3.63) is 28.2 Å². The standard InChI is InChI=1S/C9H10BrClN2/c1-6-2-3-7(10)8(4-6)13-9(12)5-11/h2-4H,5H2,1H3,(H2,12,13). The first-order valence-corrected chi connectivity index (χ1v) is 5.11. The highest BCUT2D eigenvalue weighted by Crippen LogP contribution is 2.26. The number of hydrogen-bond donors (Lipinski definition) is 1. The van der Waals surface area contributed by atoms with Crippen LogP contribution in [0.15, 0.2) is 27.7 Å². The second kappa shape index (κ2) is 4.63. The Morgan fingerprint density at radius 2 is 2.31 bits per heavy atom. The molecule has 0 saturated carbocycles. The van der Waals surface area contributed by atoms with Gasteiger partial charge in [-0.1, -0.05) is 6.07 Å². The molecule has 0 atom stereocenters. The van der Waals surface area contributed by atoms with Crippen LogP contribution in [0.1, 0.15) is 5.56 Å². The molecule has 1 aromatic rings. The van der Waals surface area contributed by atoms with E-state index >= 15 is 0 Å². The molecule has 2 nitrogen and oxygen atoms in total. The van der Waals surface area contributed by atoms with Crippen molar-refractivity contribution in [2.45, 2.75) is 6.92 Å². The van der Waals surface area contributed by atoms with Gasteiger partial charge in [-0.05, 0) is 40.5 Å². The minimum Gasteiger partial charge on any atom is -0.386 e. The lowest BCUT2D eigenvalue weighted by molar-refractivity contribution is 1.38. The minimum absolute atomic E-state index is 0.250. The minimum atomic E-state index is 0.250. The summed E-state index contributed by atoms with van der Waals surface area (Å²) in [5, 5.41) is 0. The van der Waals surface area contributed by atoms with E-state index in [4.69, 9.17) is 17.3 Å². The average Bonchev–Trinajstić information content (AvgIpc) is 2.11. The Labute approximate surface area is 90.9 Å². The molecule has 0 aliphatic carbocycles. The van der Waals surface area contributed by atoms with Crippen molar-refractivity contribution in [2.24, 2.45) is 10.7 Å². The first-order chi connectivity index (χ1) is 6.13. The van der Waals surface area contributed by atoms with Gasteiger partial charge in [-0.3, -0.25) is 0 Å². The average molecular weight is 262 g/mol. The zero-order valence-corrected chi connectivity index (χ0v) is 9.56. The lowest BCUT2D eigenvalue weighted by Crippen LogP contribution is -2.12. The van der Waals surface area contributed by atoms with Crippen LogP contribution in [0.5, 0.6) is 0 Å². The quantitative estimate of drug-likeness (QED) is 0.496. The third-order valence-electron chi connectivity index (χ3n) is 1.50. The number of amidine groups is 1. The van der Waals surface area contributed by atoms with E-state index in [0.717, 1.165) is 15.7 Å². The van der Waals surface area contributed by atoms with Gasteiger partial charge in [0.25, 0.3) is 0 Å². The number of rotatable bonds is 2. The van der Waals surface area contributed by atoms with E-state index in [9.17, 15) is 0 Å². The highest BCUT2D eigenvalue weighted by Gasteiger charge is 1.98. The van der Waals surface area contributed by atoms with Crippen LogP contribution in [0.2, 0.25) is 0 Å². The van der Waals surface area contributed by atoms with E-state index in [2.05, 4.69) is 20.9 Å². The maximum absolute atomic E-state index is 5.52. The molecule has 0 unspecified atom stereocenters. The van der Waals surface area contributed by atoms with Gasteiger partial charge in [-0.2, -0.15) is 0 Å². The summed E-state index contributed by atoms with van der Waals surface area (Å²) in [6.07, 6.45) is 0. The van der Waals surface area contributed by atoms with Gasteiger partial charge in [0.05, 0.1) is 11.6 Å². The van der Waals surface area contributed by atoms with Gasteiger partial charge < -0.3 is 5.73 Å². The maximum atomic E-state index is 5.52. The molecule has 2 N–H and O–H groups in total. The van der Waals surface area contributed by atoms with Crippen molar-refractivity contribution >= 4 is 39.1 Å². The second-order valence-corrected chi connectivity index (χ2v) is 3.81. The van der Waals surface area contributed by atoms with E-state index in [0.29, 0.717) is 5.84 Å². The van der Waals surface area contributed by atoms with Crippen LogP contribution in [-0.2, 0) is 0 Å². The van der Waals surface area contributed by atoms with E-state index in [1.807, 2.05) is 25.1 Å². The number of halogens is 2. The largest absolute Gasteiger partial charge is 0.386 e. The van der Waals surface area contributed by atoms with Crippen molar-refractivity contribution in [1.82, 2.24) is 0 Å². The third kappa shape index (κ3) is 3.01. The number of aliphatic imine (C=N–C) groups is 1. The molecule has 70 valence electrons. The van der Waals surface area contributed by atoms with Crippen molar-refractivity contribution in [1.29, 1.82) is 0 Å². The van der Waals surface area contributed by atoms with Crippen LogP contribution >= 0.6 is 27.5 Å². The Hall–Kier alpha value is -0.540. The SMILES string of the molecule is Cc1ccc(Br)c(N=C(N)CCl)c1. The van der Waals surface area contributed by atoms with Crippen LogP contribution in [0.4, 0.5) is 5.69 Å². The van der Waals surface area contributed by atoms with Crippen LogP contribution in [-0.4, -0.2) is 11.7 Å². The lowest BCUT2D eigenvalue weighted by Gasteiger charge is -2.01. The van der Waals surface area contributed by atoms with E-state index in [1.165, 1.54) is 0 Å². The molecule has 0 fully saturated rings. The molecule has 0 spiro atoms. The topological polar surface area (TPSA) is 38.4 Å². The summed E-state index contributed by atoms with van der Waals surface area (Å²) in [6, 6.07) is 5.89. The second-order valence-electron chi connectivity index (χ2n) is 2.69. The molecular weight excluding hydrogens is 251 g/mol. The first kappa shape index (κ1) is 10.5. The molecule has 0 heterocycles. The number of hydrogen-bond acceptors (Lipinski definition) is 1. The highest BCUT2D eigenvalue weighted by molar-refractivity contribution is 9.10. The molecule has 0 saturated heterocycles. The molecule has 1 rings (SSSR count). The van der Waals surface area contributed by atoms with Crippen LogP contribution < -0.4 is 5.73 Å². The van der Waals surface area contributed by atoms with Crippen molar-refractivity contribution < 1.29 is 0 Å². The van der Waals surface area contributed by atoms with Crippen LogP contribution in [0.3, 0.4) is 0 Å². The summed E-state index contributed by atoms with van der Waals surface area (Å²) >= 11 is 8.91. The van der Waals surface area contributed by atoms with Crippen LogP contribution in [0, 0.1) is 6.92 Å². The Balaban J connectivity index is 3.07. The molecule has 0 aromatic heterocycles. The number of benzene rings is 1. The Morgan fingerprint density at radius 1 is 1.62 bits per heavy atom. The third-order valence-corrected chi connectivity index (χ3v) is 2.45. The Morgan fingerprint density at radius 3 is 2.92 bits per heavy atom. The summed E-state index contributed by atoms with van der Waals surface area (Å²) in [4.78, 5) is 4.15. The molecule has 0 aliphatic heterocycles. The number of alkyl halides is 1. The monoisotopic (exact) mass is 260 g/mol. The zero-order chi connectivity index (χ0) is 9.84. The van der Waals surface area contributed by atoms with Gasteiger partial charge in [0, 0.05) is 4.47 Å². The van der Waals surface area contributed by atoms with Gasteiger partial charge in [-0.25, -0.2) is 4.99 Å². The summed E-state index contributed by atoms with van der Waals surface area (Å²) in [5.41, 5.74) is 7.48. The molecular formula is C9H10BrClN2. The predicted octanol–water partition coefficient (Wildman–Crippen LogP) is 2.99. The predicted molar refractivity (Wildman–Crippen MR) is 60.9 cm³/mol. The van der Waals surface area contributed by atoms with Crippen molar-refractivity contribution in [3.8, 4) is 0 Å². The zero-order valence-electron chi connectivity index (χ0n) is 7.22. The fraction of sp³-hybridized carbons (Fsp3) is 0.222. The van der Waals surface area contributed by atoms with Gasteiger partial charge in [0.2, 0.25) is 0 Å². The number of nitrogens with zero attached hydrogens (tertiary/aromatic N) is 1. The first-order valence-electron chi connectivity index (χ1n) is 3.78. The van der Waals surface area contributed by atoms with E-state index in [1.54, 1.807) is 0 Å². The Kier molecular flexibility index (Phi) is 3.75. The van der Waals surface area contributed by atoms with Crippen molar-refractivity contribution in [3.63, 3.8) is 0 Å². The van der Waals surface area contributed by atoms with Gasteiger partial charge in [-0.15, -0.1) is 11.6 Å². The fourth-order valence-corrected chi connectivity index (χ4v) is 1.29. The normalized spacial score (nSPS) is 11.8. The smallest absolute Gasteiger partial charge is 0.115 e. The molecule has 0 radical (unpaired) electrons.